The van der Waals surface area contributed by atoms with Crippen LogP contribution in [-0.2, 0) is 23.2 Å². The Balaban J connectivity index is 1.65. The molecule has 0 N–H and O–H groups in total. The van der Waals surface area contributed by atoms with E-state index in [4.69, 9.17) is 4.74 Å². The number of aromatic nitrogens is 1. The first-order chi connectivity index (χ1) is 12.4. The molecule has 140 valence electrons. The van der Waals surface area contributed by atoms with Crippen LogP contribution in [-0.4, -0.2) is 29.0 Å². The number of hydrogen-bond donors (Lipinski definition) is 0. The Kier molecular flexibility index (Phi) is 5.63. The Morgan fingerprint density at radius 3 is 2.58 bits per heavy atom. The van der Waals surface area contributed by atoms with Crippen LogP contribution in [0.5, 0.6) is 5.75 Å². The Morgan fingerprint density at radius 1 is 1.15 bits per heavy atom. The molecule has 0 radical (unpaired) electrons. The summed E-state index contributed by atoms with van der Waals surface area (Å²) in [6.07, 6.45) is 3.40. The van der Waals surface area contributed by atoms with Crippen LogP contribution in [0, 0.1) is 6.92 Å². The van der Waals surface area contributed by atoms with Crippen LogP contribution < -0.4 is 4.74 Å². The van der Waals surface area contributed by atoms with Crippen LogP contribution in [0.1, 0.15) is 43.5 Å². The van der Waals surface area contributed by atoms with Gasteiger partial charge in [-0.05, 0) is 62.9 Å². The second kappa shape index (κ2) is 7.76. The molecule has 0 amide bonds. The van der Waals surface area contributed by atoms with Gasteiger partial charge < -0.3 is 4.74 Å². The molecule has 6 heteroatoms. The van der Waals surface area contributed by atoms with Gasteiger partial charge in [-0.15, -0.1) is 0 Å². The molecule has 2 atom stereocenters. The van der Waals surface area contributed by atoms with Gasteiger partial charge in [0.15, 0.2) is 0 Å². The highest BCUT2D eigenvalue weighted by Crippen LogP contribution is 2.28. The summed E-state index contributed by atoms with van der Waals surface area (Å²) < 4.78 is 32.6. The fourth-order valence-corrected chi connectivity index (χ4v) is 5.02. The monoisotopic (exact) mass is 374 g/mol. The Bertz CT molecular complexity index is 850. The molecule has 0 aliphatic carbocycles. The summed E-state index contributed by atoms with van der Waals surface area (Å²) in [4.78, 5) is 4.32. The third-order valence-electron chi connectivity index (χ3n) is 5.07. The molecule has 1 saturated heterocycles. The Morgan fingerprint density at radius 2 is 1.88 bits per heavy atom. The lowest BCUT2D eigenvalue weighted by atomic mass is 10.1. The van der Waals surface area contributed by atoms with Crippen molar-refractivity contribution in [2.45, 2.75) is 58.1 Å². The second-order valence-electron chi connectivity index (χ2n) is 7.03. The average molecular weight is 375 g/mol. The van der Waals surface area contributed by atoms with Crippen LogP contribution in [0.4, 0.5) is 0 Å². The largest absolute Gasteiger partial charge is 0.487 e. The van der Waals surface area contributed by atoms with E-state index in [0.717, 1.165) is 35.4 Å². The molecule has 1 aliphatic heterocycles. The predicted molar refractivity (Wildman–Crippen MR) is 102 cm³/mol. The molecular formula is C20H26N2O3S. The van der Waals surface area contributed by atoms with Crippen molar-refractivity contribution in [1.82, 2.24) is 9.29 Å². The fraction of sp³-hybridized carbons (Fsp3) is 0.450. The van der Waals surface area contributed by atoms with Crippen molar-refractivity contribution in [2.75, 3.05) is 0 Å². The van der Waals surface area contributed by atoms with Gasteiger partial charge in [0.1, 0.15) is 12.4 Å². The number of benzene rings is 1. The number of rotatable bonds is 5. The lowest BCUT2D eigenvalue weighted by molar-refractivity contribution is 0.283. The van der Waals surface area contributed by atoms with E-state index < -0.39 is 10.0 Å². The fourth-order valence-electron chi connectivity index (χ4n) is 3.19. The molecule has 0 spiro atoms. The van der Waals surface area contributed by atoms with E-state index in [1.54, 1.807) is 17.4 Å². The maximum Gasteiger partial charge on any atom is 0.217 e. The molecule has 1 unspecified atom stereocenters. The maximum atomic E-state index is 12.6. The smallest absolute Gasteiger partial charge is 0.217 e. The molecule has 0 saturated carbocycles. The van der Waals surface area contributed by atoms with Gasteiger partial charge in [-0.3, -0.25) is 4.98 Å². The molecule has 2 heterocycles. The summed E-state index contributed by atoms with van der Waals surface area (Å²) >= 11 is 0. The minimum atomic E-state index is -3.22. The molecule has 3 rings (SSSR count). The van der Waals surface area contributed by atoms with Gasteiger partial charge >= 0.3 is 0 Å². The topological polar surface area (TPSA) is 59.5 Å². The summed E-state index contributed by atoms with van der Waals surface area (Å²) in [5.41, 5.74) is 2.98. The first kappa shape index (κ1) is 18.9. The zero-order valence-corrected chi connectivity index (χ0v) is 16.4. The summed E-state index contributed by atoms with van der Waals surface area (Å²) in [6.45, 7) is 6.62. The van der Waals surface area contributed by atoms with Gasteiger partial charge in [-0.2, -0.15) is 4.31 Å². The van der Waals surface area contributed by atoms with Crippen LogP contribution in [0.15, 0.2) is 42.6 Å². The number of aryl methyl sites for hydroxylation is 1. The number of pyridine rings is 1. The number of hydrogen-bond acceptors (Lipinski definition) is 4. The van der Waals surface area contributed by atoms with E-state index in [0.29, 0.717) is 13.2 Å². The quantitative estimate of drug-likeness (QED) is 0.801. The van der Waals surface area contributed by atoms with Crippen molar-refractivity contribution in [3.63, 3.8) is 0 Å². The molecule has 1 aromatic heterocycles. The number of sulfonamides is 1. The van der Waals surface area contributed by atoms with Crippen molar-refractivity contribution >= 4 is 10.0 Å². The van der Waals surface area contributed by atoms with Gasteiger partial charge in [0.05, 0.1) is 10.9 Å². The average Bonchev–Trinajstić information content (AvgIpc) is 2.63. The van der Waals surface area contributed by atoms with Crippen LogP contribution in [0.2, 0.25) is 0 Å². The minimum Gasteiger partial charge on any atom is -0.487 e. The predicted octanol–water partition coefficient (Wildman–Crippen LogP) is 3.67. The van der Waals surface area contributed by atoms with E-state index in [1.807, 2.05) is 50.2 Å². The van der Waals surface area contributed by atoms with Crippen molar-refractivity contribution < 1.29 is 13.2 Å². The van der Waals surface area contributed by atoms with Gasteiger partial charge in [0.2, 0.25) is 10.0 Å². The lowest BCUT2D eigenvalue weighted by Crippen LogP contribution is -2.46. The molecular weight excluding hydrogens is 348 g/mol. The normalized spacial score (nSPS) is 22.9. The third-order valence-corrected chi connectivity index (χ3v) is 7.47. The van der Waals surface area contributed by atoms with Crippen LogP contribution in [0.3, 0.4) is 0 Å². The van der Waals surface area contributed by atoms with Gasteiger partial charge in [0, 0.05) is 18.8 Å². The standard InChI is InChI=1S/C20H26N2O3S/c1-15-5-4-12-21-20(15)14-25-19-10-8-18(9-11-19)13-22-16(2)6-7-17(3)26(22,23)24/h4-5,8-12,16-17H,6-7,13-14H2,1-3H3/t16-,17?/m0/s1. The molecule has 2 aromatic rings. The molecule has 1 fully saturated rings. The third kappa shape index (κ3) is 4.07. The van der Waals surface area contributed by atoms with Crippen molar-refractivity contribution in [2.24, 2.45) is 0 Å². The van der Waals surface area contributed by atoms with Crippen LogP contribution >= 0.6 is 0 Å². The highest BCUT2D eigenvalue weighted by atomic mass is 32.2. The van der Waals surface area contributed by atoms with E-state index in [1.165, 1.54) is 0 Å². The molecule has 26 heavy (non-hydrogen) atoms. The number of nitrogens with zero attached hydrogens (tertiary/aromatic N) is 2. The Labute approximate surface area is 156 Å². The van der Waals surface area contributed by atoms with Crippen molar-refractivity contribution in [1.29, 1.82) is 0 Å². The van der Waals surface area contributed by atoms with Crippen LogP contribution in [0.25, 0.3) is 0 Å². The SMILES string of the molecule is Cc1cccnc1COc1ccc(CN2[C@@H](C)CCC(C)S2(=O)=O)cc1. The summed E-state index contributed by atoms with van der Waals surface area (Å²) in [5.74, 6) is 0.752. The summed E-state index contributed by atoms with van der Waals surface area (Å²) in [7, 11) is -3.22. The lowest BCUT2D eigenvalue weighted by Gasteiger charge is -2.36. The summed E-state index contributed by atoms with van der Waals surface area (Å²) in [5, 5.41) is -0.303. The molecule has 0 bridgehead atoms. The zero-order chi connectivity index (χ0) is 18.7. The van der Waals surface area contributed by atoms with E-state index >= 15 is 0 Å². The summed E-state index contributed by atoms with van der Waals surface area (Å²) in [6, 6.07) is 11.6. The molecule has 1 aromatic carbocycles. The maximum absolute atomic E-state index is 12.6. The minimum absolute atomic E-state index is 0.0410. The van der Waals surface area contributed by atoms with E-state index in [9.17, 15) is 8.42 Å². The van der Waals surface area contributed by atoms with Crippen molar-refractivity contribution in [3.8, 4) is 5.75 Å². The first-order valence-electron chi connectivity index (χ1n) is 9.01. The number of ether oxygens (including phenoxy) is 1. The highest BCUT2D eigenvalue weighted by Gasteiger charge is 2.36. The van der Waals surface area contributed by atoms with Gasteiger partial charge in [-0.25, -0.2) is 8.42 Å². The zero-order valence-electron chi connectivity index (χ0n) is 15.6. The Hall–Kier alpha value is -1.92. The van der Waals surface area contributed by atoms with Gasteiger partial charge in [0.25, 0.3) is 0 Å². The second-order valence-corrected chi connectivity index (χ2v) is 9.33. The highest BCUT2D eigenvalue weighted by molar-refractivity contribution is 7.89. The molecule has 5 nitrogen and oxygen atoms in total. The van der Waals surface area contributed by atoms with E-state index in [-0.39, 0.29) is 11.3 Å². The first-order valence-corrected chi connectivity index (χ1v) is 10.5. The van der Waals surface area contributed by atoms with Crippen molar-refractivity contribution in [3.05, 3.63) is 59.4 Å². The van der Waals surface area contributed by atoms with E-state index in [2.05, 4.69) is 4.98 Å². The van der Waals surface area contributed by atoms with Gasteiger partial charge in [-0.1, -0.05) is 18.2 Å². The molecule has 1 aliphatic rings.